The monoisotopic (exact) mass is 348 g/mol. The summed E-state index contributed by atoms with van der Waals surface area (Å²) < 4.78 is 18.4. The van der Waals surface area contributed by atoms with Gasteiger partial charge in [-0.3, -0.25) is 9.59 Å². The Morgan fingerprint density at radius 3 is 2.64 bits per heavy atom. The molecule has 2 aliphatic rings. The molecule has 2 saturated heterocycles. The minimum absolute atomic E-state index is 0.0338. The predicted octanol–water partition coefficient (Wildman–Crippen LogP) is 2.34. The summed E-state index contributed by atoms with van der Waals surface area (Å²) in [6.07, 6.45) is 4.83. The van der Waals surface area contributed by atoms with Gasteiger partial charge in [0.05, 0.1) is 13.0 Å². The Kier molecular flexibility index (Phi) is 5.68. The molecule has 0 spiro atoms. The third-order valence-electron chi connectivity index (χ3n) is 4.97. The summed E-state index contributed by atoms with van der Waals surface area (Å²) in [5, 5.41) is 0. The summed E-state index contributed by atoms with van der Waals surface area (Å²) >= 11 is 0. The van der Waals surface area contributed by atoms with Gasteiger partial charge in [0.2, 0.25) is 5.91 Å². The number of benzene rings is 1. The van der Waals surface area contributed by atoms with Gasteiger partial charge in [0, 0.05) is 13.6 Å². The number of likely N-dealkylation sites (N-methyl/N-ethyl adjacent to an activating group) is 1. The molecule has 6 heteroatoms. The Morgan fingerprint density at radius 2 is 1.96 bits per heavy atom. The first-order chi connectivity index (χ1) is 12.0. The van der Waals surface area contributed by atoms with Gasteiger partial charge in [-0.2, -0.15) is 0 Å². The molecule has 0 aliphatic carbocycles. The molecule has 2 amide bonds. The number of carbonyl (C=O) groups is 2. The zero-order chi connectivity index (χ0) is 17.8. The number of nitrogens with zero attached hydrogens (tertiary/aromatic N) is 2. The Balaban J connectivity index is 1.27. The second-order valence-corrected chi connectivity index (χ2v) is 6.88. The fraction of sp³-hybridized carbons (Fsp3) is 0.579. The number of hydrogen-bond acceptors (Lipinski definition) is 3. The number of amides is 2. The molecule has 5 nitrogen and oxygen atoms in total. The molecular weight excluding hydrogens is 323 g/mol. The number of carbonyl (C=O) groups excluding carboxylic acids is 2. The van der Waals surface area contributed by atoms with E-state index in [1.54, 1.807) is 16.8 Å². The van der Waals surface area contributed by atoms with Crippen LogP contribution in [0, 0.1) is 5.82 Å². The molecule has 3 rings (SSSR count). The van der Waals surface area contributed by atoms with Gasteiger partial charge in [-0.15, -0.1) is 0 Å². The van der Waals surface area contributed by atoms with Crippen LogP contribution >= 0.6 is 0 Å². The van der Waals surface area contributed by atoms with E-state index in [1.165, 1.54) is 12.1 Å². The summed E-state index contributed by atoms with van der Waals surface area (Å²) in [6.45, 7) is 1.10. The van der Waals surface area contributed by atoms with Crippen molar-refractivity contribution in [3.63, 3.8) is 0 Å². The molecule has 0 N–H and O–H groups in total. The maximum atomic E-state index is 12.8. The Hall–Kier alpha value is -1.95. The van der Waals surface area contributed by atoms with Gasteiger partial charge in [-0.25, -0.2) is 4.39 Å². The van der Waals surface area contributed by atoms with Crippen LogP contribution in [0.15, 0.2) is 24.3 Å². The van der Waals surface area contributed by atoms with Gasteiger partial charge in [0.1, 0.15) is 12.0 Å². The lowest BCUT2D eigenvalue weighted by Crippen LogP contribution is -2.48. The van der Waals surface area contributed by atoms with Gasteiger partial charge >= 0.3 is 0 Å². The van der Waals surface area contributed by atoms with Crippen molar-refractivity contribution in [2.24, 2.45) is 0 Å². The number of halogens is 1. The van der Waals surface area contributed by atoms with Crippen molar-refractivity contribution in [3.05, 3.63) is 35.6 Å². The molecule has 2 aliphatic heterocycles. The summed E-state index contributed by atoms with van der Waals surface area (Å²) in [5.41, 5.74) is 1.16. The minimum atomic E-state index is -0.500. The number of ether oxygens (including phenoxy) is 1. The average molecular weight is 348 g/mol. The Morgan fingerprint density at radius 1 is 1.24 bits per heavy atom. The lowest BCUT2D eigenvalue weighted by Gasteiger charge is -2.31. The molecule has 2 atom stereocenters. The molecular formula is C19H25FN2O3. The van der Waals surface area contributed by atoms with Crippen molar-refractivity contribution in [1.29, 1.82) is 0 Å². The highest BCUT2D eigenvalue weighted by Gasteiger charge is 2.47. The first-order valence-electron chi connectivity index (χ1n) is 8.99. The molecule has 0 bridgehead atoms. The molecule has 0 saturated carbocycles. The highest BCUT2D eigenvalue weighted by molar-refractivity contribution is 5.87. The van der Waals surface area contributed by atoms with Crippen molar-refractivity contribution in [1.82, 2.24) is 9.80 Å². The van der Waals surface area contributed by atoms with Gasteiger partial charge in [0.15, 0.2) is 6.10 Å². The second kappa shape index (κ2) is 7.95. The van der Waals surface area contributed by atoms with E-state index in [9.17, 15) is 14.0 Å². The summed E-state index contributed by atoms with van der Waals surface area (Å²) in [4.78, 5) is 27.0. The van der Waals surface area contributed by atoms with Gasteiger partial charge in [0.25, 0.3) is 5.91 Å². The van der Waals surface area contributed by atoms with Gasteiger partial charge in [-0.05, 0) is 37.0 Å². The highest BCUT2D eigenvalue weighted by atomic mass is 19.1. The quantitative estimate of drug-likeness (QED) is 0.535. The zero-order valence-corrected chi connectivity index (χ0v) is 14.6. The van der Waals surface area contributed by atoms with E-state index >= 15 is 0 Å². The first kappa shape index (κ1) is 17.9. The van der Waals surface area contributed by atoms with Crippen molar-refractivity contribution in [3.8, 4) is 0 Å². The third-order valence-corrected chi connectivity index (χ3v) is 4.97. The van der Waals surface area contributed by atoms with E-state index in [1.807, 2.05) is 12.1 Å². The number of unbranched alkanes of at least 4 members (excludes halogenated alkanes) is 3. The molecule has 136 valence electrons. The fourth-order valence-corrected chi connectivity index (χ4v) is 3.35. The van der Waals surface area contributed by atoms with Crippen LogP contribution in [-0.2, 0) is 20.7 Å². The second-order valence-electron chi connectivity index (χ2n) is 6.88. The Labute approximate surface area is 147 Å². The predicted molar refractivity (Wildman–Crippen MR) is 91.2 cm³/mol. The molecule has 2 fully saturated rings. The van der Waals surface area contributed by atoms with Crippen LogP contribution in [0.4, 0.5) is 4.39 Å². The number of aryl methyl sites for hydroxylation is 1. The van der Waals surface area contributed by atoms with Crippen LogP contribution < -0.4 is 0 Å². The molecule has 2 heterocycles. The van der Waals surface area contributed by atoms with Gasteiger partial charge in [-0.1, -0.05) is 25.0 Å². The molecule has 0 aromatic heterocycles. The lowest BCUT2D eigenvalue weighted by molar-refractivity contribution is -0.160. The van der Waals surface area contributed by atoms with Crippen LogP contribution in [0.5, 0.6) is 0 Å². The van der Waals surface area contributed by atoms with Crippen LogP contribution in [0.25, 0.3) is 0 Å². The normalized spacial score (nSPS) is 21.8. The maximum Gasteiger partial charge on any atom is 0.253 e. The van der Waals surface area contributed by atoms with E-state index in [4.69, 9.17) is 4.74 Å². The van der Waals surface area contributed by atoms with E-state index in [0.717, 1.165) is 37.7 Å². The summed E-state index contributed by atoms with van der Waals surface area (Å²) in [5.74, 6) is -0.158. The average Bonchev–Trinajstić information content (AvgIpc) is 2.95. The zero-order valence-electron chi connectivity index (χ0n) is 14.6. The van der Waals surface area contributed by atoms with E-state index in [-0.39, 0.29) is 23.9 Å². The molecule has 1 aromatic carbocycles. The number of β-lactam (4-membered cyclic amide) rings is 1. The topological polar surface area (TPSA) is 49.9 Å². The lowest BCUT2D eigenvalue weighted by atomic mass is 10.1. The minimum Gasteiger partial charge on any atom is -0.343 e. The fourth-order valence-electron chi connectivity index (χ4n) is 3.35. The standard InChI is InChI=1S/C19H25FN2O3/c1-21(19(24)16-13-22-17(23)12-18(22)25-16)11-5-3-2-4-6-14-7-9-15(20)10-8-14/h7-10,16,18H,2-6,11-13H2,1H3/t16-,18-/m1/s1. The maximum absolute atomic E-state index is 12.8. The van der Waals surface area contributed by atoms with Crippen LogP contribution in [-0.4, -0.2) is 54.1 Å². The Bertz CT molecular complexity index is 620. The summed E-state index contributed by atoms with van der Waals surface area (Å²) in [7, 11) is 1.79. The SMILES string of the molecule is CN(CCCCCCc1ccc(F)cc1)C(=O)[C@H]1CN2C(=O)C[C@H]2O1. The van der Waals surface area contributed by atoms with E-state index in [2.05, 4.69) is 0 Å². The smallest absolute Gasteiger partial charge is 0.253 e. The molecule has 0 radical (unpaired) electrons. The number of fused-ring (bicyclic) bond motifs is 1. The van der Waals surface area contributed by atoms with E-state index < -0.39 is 6.10 Å². The number of rotatable bonds is 8. The van der Waals surface area contributed by atoms with Crippen LogP contribution in [0.1, 0.15) is 37.7 Å². The van der Waals surface area contributed by atoms with Crippen molar-refractivity contribution >= 4 is 11.8 Å². The van der Waals surface area contributed by atoms with Gasteiger partial charge < -0.3 is 14.5 Å². The highest BCUT2D eigenvalue weighted by Crippen LogP contribution is 2.29. The van der Waals surface area contributed by atoms with Crippen molar-refractivity contribution in [2.75, 3.05) is 20.1 Å². The van der Waals surface area contributed by atoms with Crippen LogP contribution in [0.3, 0.4) is 0 Å². The first-order valence-corrected chi connectivity index (χ1v) is 8.99. The van der Waals surface area contributed by atoms with E-state index in [0.29, 0.717) is 19.5 Å². The molecule has 1 aromatic rings. The molecule has 0 unspecified atom stereocenters. The third kappa shape index (κ3) is 4.37. The molecule has 25 heavy (non-hydrogen) atoms. The number of hydrogen-bond donors (Lipinski definition) is 0. The van der Waals surface area contributed by atoms with Crippen molar-refractivity contribution in [2.45, 2.75) is 50.9 Å². The largest absolute Gasteiger partial charge is 0.343 e. The van der Waals surface area contributed by atoms with Crippen LogP contribution in [0.2, 0.25) is 0 Å². The summed E-state index contributed by atoms with van der Waals surface area (Å²) in [6, 6.07) is 6.66. The van der Waals surface area contributed by atoms with Crippen molar-refractivity contribution < 1.29 is 18.7 Å².